The van der Waals surface area contributed by atoms with Crippen LogP contribution in [0.4, 0.5) is 0 Å². The van der Waals surface area contributed by atoms with Crippen molar-refractivity contribution in [2.75, 3.05) is 6.61 Å². The van der Waals surface area contributed by atoms with E-state index in [9.17, 15) is 4.79 Å². The molecule has 0 aromatic heterocycles. The lowest BCUT2D eigenvalue weighted by Gasteiger charge is -2.09. The second-order valence-electron chi connectivity index (χ2n) is 5.46. The summed E-state index contributed by atoms with van der Waals surface area (Å²) in [6.07, 6.45) is 0.978. The largest absolute Gasteiger partial charge is 0.493 e. The molecule has 0 heterocycles. The number of ether oxygens (including phenoxy) is 1. The van der Waals surface area contributed by atoms with Crippen molar-refractivity contribution in [3.8, 4) is 5.75 Å². The minimum absolute atomic E-state index is 0.123. The fraction of sp³-hybridized carbons (Fsp3) is 0.263. The minimum atomic E-state index is -0.123. The molecule has 126 valence electrons. The molecule has 0 aliphatic carbocycles. The highest BCUT2D eigenvalue weighted by Crippen LogP contribution is 2.21. The maximum Gasteiger partial charge on any atom is 0.240 e. The molecule has 0 saturated carbocycles. The molecule has 2 aromatic rings. The highest BCUT2D eigenvalue weighted by molar-refractivity contribution is 6.30. The van der Waals surface area contributed by atoms with Crippen molar-refractivity contribution < 1.29 is 9.53 Å². The second kappa shape index (κ2) is 9.08. The number of nitrogens with zero attached hydrogens (tertiary/aromatic N) is 1. The zero-order chi connectivity index (χ0) is 17.4. The quantitative estimate of drug-likeness (QED) is 0.461. The van der Waals surface area contributed by atoms with E-state index in [0.717, 1.165) is 22.6 Å². The SMILES string of the molecule is C/C(=N\NC(=O)CCCOc1ccc(Cl)cc1C)c1ccccc1. The smallest absolute Gasteiger partial charge is 0.240 e. The van der Waals surface area contributed by atoms with E-state index >= 15 is 0 Å². The molecule has 24 heavy (non-hydrogen) atoms. The van der Waals surface area contributed by atoms with Crippen LogP contribution in [0.5, 0.6) is 5.75 Å². The fourth-order valence-electron chi connectivity index (χ4n) is 2.14. The molecule has 5 heteroatoms. The third-order valence-corrected chi connectivity index (χ3v) is 3.72. The topological polar surface area (TPSA) is 50.7 Å². The number of aryl methyl sites for hydroxylation is 1. The highest BCUT2D eigenvalue weighted by Gasteiger charge is 2.03. The summed E-state index contributed by atoms with van der Waals surface area (Å²) >= 11 is 5.90. The summed E-state index contributed by atoms with van der Waals surface area (Å²) < 4.78 is 5.66. The summed E-state index contributed by atoms with van der Waals surface area (Å²) in [7, 11) is 0. The molecule has 0 atom stereocenters. The normalized spacial score (nSPS) is 11.2. The van der Waals surface area contributed by atoms with Crippen LogP contribution in [0.15, 0.2) is 53.6 Å². The number of hydrogen-bond acceptors (Lipinski definition) is 3. The van der Waals surface area contributed by atoms with E-state index in [4.69, 9.17) is 16.3 Å². The van der Waals surface area contributed by atoms with Gasteiger partial charge in [0.1, 0.15) is 5.75 Å². The van der Waals surface area contributed by atoms with Gasteiger partial charge in [-0.15, -0.1) is 0 Å². The standard InChI is InChI=1S/C19H21ClN2O2/c1-14-13-17(20)10-11-18(14)24-12-6-9-19(23)22-21-15(2)16-7-4-3-5-8-16/h3-5,7-8,10-11,13H,6,9,12H2,1-2H3,(H,22,23)/b21-15+. The van der Waals surface area contributed by atoms with Crippen LogP contribution in [0, 0.1) is 6.92 Å². The van der Waals surface area contributed by atoms with Gasteiger partial charge in [-0.25, -0.2) is 5.43 Å². The van der Waals surface area contributed by atoms with Crippen LogP contribution in [0.1, 0.15) is 30.9 Å². The number of benzene rings is 2. The Labute approximate surface area is 147 Å². The number of hydrazone groups is 1. The van der Waals surface area contributed by atoms with E-state index in [1.165, 1.54) is 0 Å². The Bertz CT molecular complexity index is 715. The van der Waals surface area contributed by atoms with Gasteiger partial charge in [-0.05, 0) is 49.6 Å². The van der Waals surface area contributed by atoms with E-state index in [0.29, 0.717) is 24.5 Å². The fourth-order valence-corrected chi connectivity index (χ4v) is 2.36. The van der Waals surface area contributed by atoms with E-state index in [-0.39, 0.29) is 5.91 Å². The molecule has 1 amide bonds. The van der Waals surface area contributed by atoms with Crippen LogP contribution in [0.2, 0.25) is 5.02 Å². The van der Waals surface area contributed by atoms with Crippen LogP contribution in [-0.2, 0) is 4.79 Å². The Morgan fingerprint density at radius 3 is 2.67 bits per heavy atom. The van der Waals surface area contributed by atoms with Gasteiger partial charge in [0.05, 0.1) is 12.3 Å². The van der Waals surface area contributed by atoms with Crippen LogP contribution >= 0.6 is 11.6 Å². The van der Waals surface area contributed by atoms with Gasteiger partial charge in [-0.1, -0.05) is 41.9 Å². The lowest BCUT2D eigenvalue weighted by molar-refractivity contribution is -0.121. The molecular weight excluding hydrogens is 324 g/mol. The average Bonchev–Trinajstić information content (AvgIpc) is 2.59. The number of carbonyl (C=O) groups excluding carboxylic acids is 1. The zero-order valence-electron chi connectivity index (χ0n) is 13.9. The number of halogens is 1. The molecule has 0 radical (unpaired) electrons. The van der Waals surface area contributed by atoms with Gasteiger partial charge in [0.15, 0.2) is 0 Å². The molecule has 2 rings (SSSR count). The van der Waals surface area contributed by atoms with Crippen molar-refractivity contribution in [1.29, 1.82) is 0 Å². The second-order valence-corrected chi connectivity index (χ2v) is 5.90. The Morgan fingerprint density at radius 2 is 1.96 bits per heavy atom. The van der Waals surface area contributed by atoms with Crippen LogP contribution in [-0.4, -0.2) is 18.2 Å². The first-order valence-electron chi connectivity index (χ1n) is 7.84. The number of carbonyl (C=O) groups is 1. The highest BCUT2D eigenvalue weighted by atomic mass is 35.5. The predicted octanol–water partition coefficient (Wildman–Crippen LogP) is 4.35. The molecule has 0 unspecified atom stereocenters. The van der Waals surface area contributed by atoms with Crippen molar-refractivity contribution in [3.63, 3.8) is 0 Å². The number of rotatable bonds is 7. The summed E-state index contributed by atoms with van der Waals surface area (Å²) in [4.78, 5) is 11.8. The van der Waals surface area contributed by atoms with Gasteiger partial charge < -0.3 is 4.74 Å². The van der Waals surface area contributed by atoms with Crippen molar-refractivity contribution in [3.05, 3.63) is 64.7 Å². The van der Waals surface area contributed by atoms with Crippen molar-refractivity contribution in [2.24, 2.45) is 5.10 Å². The van der Waals surface area contributed by atoms with Crippen LogP contribution in [0.25, 0.3) is 0 Å². The molecule has 4 nitrogen and oxygen atoms in total. The van der Waals surface area contributed by atoms with Crippen molar-refractivity contribution >= 4 is 23.2 Å². The molecule has 0 spiro atoms. The number of nitrogens with one attached hydrogen (secondary N) is 1. The summed E-state index contributed by atoms with van der Waals surface area (Å²) in [6, 6.07) is 15.2. The molecule has 0 aliphatic heterocycles. The minimum Gasteiger partial charge on any atom is -0.493 e. The monoisotopic (exact) mass is 344 g/mol. The lowest BCUT2D eigenvalue weighted by Crippen LogP contribution is -2.19. The van der Waals surface area contributed by atoms with Crippen molar-refractivity contribution in [2.45, 2.75) is 26.7 Å². The molecule has 0 fully saturated rings. The predicted molar refractivity (Wildman–Crippen MR) is 97.7 cm³/mol. The third-order valence-electron chi connectivity index (χ3n) is 3.48. The molecule has 0 saturated heterocycles. The van der Waals surface area contributed by atoms with Crippen LogP contribution < -0.4 is 10.2 Å². The maximum absolute atomic E-state index is 11.8. The van der Waals surface area contributed by atoms with E-state index in [1.807, 2.05) is 56.3 Å². The maximum atomic E-state index is 11.8. The van der Waals surface area contributed by atoms with E-state index in [1.54, 1.807) is 6.07 Å². The van der Waals surface area contributed by atoms with E-state index in [2.05, 4.69) is 10.5 Å². The van der Waals surface area contributed by atoms with Gasteiger partial charge in [0.2, 0.25) is 5.91 Å². The molecular formula is C19H21ClN2O2. The van der Waals surface area contributed by atoms with Crippen LogP contribution in [0.3, 0.4) is 0 Å². The zero-order valence-corrected chi connectivity index (χ0v) is 14.6. The molecule has 0 bridgehead atoms. The molecule has 2 aromatic carbocycles. The first-order chi connectivity index (χ1) is 11.6. The average molecular weight is 345 g/mol. The third kappa shape index (κ3) is 5.70. The summed E-state index contributed by atoms with van der Waals surface area (Å²) in [5.74, 6) is 0.666. The Balaban J connectivity index is 1.72. The van der Waals surface area contributed by atoms with Gasteiger partial charge in [0, 0.05) is 11.4 Å². The Kier molecular flexibility index (Phi) is 6.82. The summed E-state index contributed by atoms with van der Waals surface area (Å²) in [6.45, 7) is 4.27. The first kappa shape index (κ1) is 18.0. The first-order valence-corrected chi connectivity index (χ1v) is 8.21. The Morgan fingerprint density at radius 1 is 1.21 bits per heavy atom. The van der Waals surface area contributed by atoms with Gasteiger partial charge in [-0.3, -0.25) is 4.79 Å². The number of hydrogen-bond donors (Lipinski definition) is 1. The van der Waals surface area contributed by atoms with Crippen molar-refractivity contribution in [1.82, 2.24) is 5.43 Å². The van der Waals surface area contributed by atoms with Gasteiger partial charge in [0.25, 0.3) is 0 Å². The van der Waals surface area contributed by atoms with Gasteiger partial charge >= 0.3 is 0 Å². The summed E-state index contributed by atoms with van der Waals surface area (Å²) in [5, 5.41) is 4.80. The van der Waals surface area contributed by atoms with Gasteiger partial charge in [-0.2, -0.15) is 5.10 Å². The number of amides is 1. The van der Waals surface area contributed by atoms with E-state index < -0.39 is 0 Å². The molecule has 1 N–H and O–H groups in total. The molecule has 0 aliphatic rings. The Hall–Kier alpha value is -2.33. The summed E-state index contributed by atoms with van der Waals surface area (Å²) in [5.41, 5.74) is 5.32. The lowest BCUT2D eigenvalue weighted by atomic mass is 10.1.